The minimum Gasteiger partial charge on any atom is -0.493 e. The van der Waals surface area contributed by atoms with Gasteiger partial charge in [-0.25, -0.2) is 0 Å². The SMILES string of the molecule is COc1cc2nccc(Oc3ccc(NC(=O)Cc4ccc(Cl)c(Cl)c4)cc3)c2cc1OC. The van der Waals surface area contributed by atoms with E-state index in [0.717, 1.165) is 16.5 Å². The lowest BCUT2D eigenvalue weighted by Gasteiger charge is -2.12. The number of anilines is 1. The molecule has 4 aromatic rings. The van der Waals surface area contributed by atoms with Crippen LogP contribution in [0.5, 0.6) is 23.0 Å². The van der Waals surface area contributed by atoms with Gasteiger partial charge in [-0.1, -0.05) is 29.3 Å². The third-order valence-electron chi connectivity index (χ3n) is 4.92. The summed E-state index contributed by atoms with van der Waals surface area (Å²) in [5, 5.41) is 4.52. The summed E-state index contributed by atoms with van der Waals surface area (Å²) in [5.74, 6) is 2.25. The Bertz CT molecular complexity index is 1310. The number of ether oxygens (including phenoxy) is 3. The van der Waals surface area contributed by atoms with Gasteiger partial charge < -0.3 is 19.5 Å². The topological polar surface area (TPSA) is 69.7 Å². The molecule has 0 saturated carbocycles. The first-order valence-corrected chi connectivity index (χ1v) is 10.7. The summed E-state index contributed by atoms with van der Waals surface area (Å²) in [5.41, 5.74) is 2.15. The first-order valence-electron chi connectivity index (χ1n) is 9.99. The fourth-order valence-corrected chi connectivity index (χ4v) is 3.63. The summed E-state index contributed by atoms with van der Waals surface area (Å²) in [6.45, 7) is 0. The molecule has 0 atom stereocenters. The van der Waals surface area contributed by atoms with E-state index in [2.05, 4.69) is 10.3 Å². The molecule has 33 heavy (non-hydrogen) atoms. The Hall–Kier alpha value is -3.48. The molecule has 6 nitrogen and oxygen atoms in total. The van der Waals surface area contributed by atoms with Crippen LogP contribution in [0.2, 0.25) is 10.0 Å². The van der Waals surface area contributed by atoms with E-state index in [0.29, 0.717) is 38.7 Å². The van der Waals surface area contributed by atoms with Crippen molar-refractivity contribution in [1.82, 2.24) is 4.98 Å². The number of nitrogens with one attached hydrogen (secondary N) is 1. The van der Waals surface area contributed by atoms with Gasteiger partial charge >= 0.3 is 0 Å². The molecule has 4 rings (SSSR count). The van der Waals surface area contributed by atoms with Gasteiger partial charge in [-0.05, 0) is 54.1 Å². The summed E-state index contributed by atoms with van der Waals surface area (Å²) in [6.07, 6.45) is 1.85. The zero-order valence-electron chi connectivity index (χ0n) is 17.9. The van der Waals surface area contributed by atoms with Crippen LogP contribution in [0.4, 0.5) is 5.69 Å². The zero-order valence-corrected chi connectivity index (χ0v) is 19.4. The fourth-order valence-electron chi connectivity index (χ4n) is 3.31. The maximum absolute atomic E-state index is 12.4. The lowest BCUT2D eigenvalue weighted by Crippen LogP contribution is -2.14. The van der Waals surface area contributed by atoms with E-state index in [1.54, 1.807) is 75.0 Å². The number of rotatable bonds is 7. The van der Waals surface area contributed by atoms with Crippen LogP contribution >= 0.6 is 23.2 Å². The number of methoxy groups -OCH3 is 2. The fraction of sp³-hybridized carbons (Fsp3) is 0.120. The predicted molar refractivity (Wildman–Crippen MR) is 130 cm³/mol. The number of nitrogens with zero attached hydrogens (tertiary/aromatic N) is 1. The highest BCUT2D eigenvalue weighted by atomic mass is 35.5. The smallest absolute Gasteiger partial charge is 0.228 e. The van der Waals surface area contributed by atoms with Crippen LogP contribution in [0.25, 0.3) is 10.9 Å². The van der Waals surface area contributed by atoms with E-state index in [1.165, 1.54) is 0 Å². The third-order valence-corrected chi connectivity index (χ3v) is 5.66. The number of benzene rings is 3. The highest BCUT2D eigenvalue weighted by Crippen LogP contribution is 2.37. The Balaban J connectivity index is 1.47. The molecule has 0 aliphatic heterocycles. The van der Waals surface area contributed by atoms with Crippen LogP contribution in [0.1, 0.15) is 5.56 Å². The second-order valence-electron chi connectivity index (χ2n) is 7.13. The normalized spacial score (nSPS) is 10.7. The maximum Gasteiger partial charge on any atom is 0.228 e. The molecule has 3 aromatic carbocycles. The van der Waals surface area contributed by atoms with Crippen molar-refractivity contribution in [3.63, 3.8) is 0 Å². The van der Waals surface area contributed by atoms with E-state index < -0.39 is 0 Å². The number of pyridine rings is 1. The number of halogens is 2. The number of aromatic nitrogens is 1. The van der Waals surface area contributed by atoms with Gasteiger partial charge in [0.25, 0.3) is 0 Å². The molecule has 0 aliphatic rings. The minimum absolute atomic E-state index is 0.164. The Kier molecular flexibility index (Phi) is 6.87. The van der Waals surface area contributed by atoms with Crippen LogP contribution in [-0.2, 0) is 11.2 Å². The van der Waals surface area contributed by atoms with Gasteiger partial charge in [-0.2, -0.15) is 0 Å². The molecule has 0 fully saturated rings. The van der Waals surface area contributed by atoms with Crippen molar-refractivity contribution in [1.29, 1.82) is 0 Å². The molecule has 8 heteroatoms. The number of carbonyl (C=O) groups is 1. The Morgan fingerprint density at radius 2 is 1.61 bits per heavy atom. The van der Waals surface area contributed by atoms with E-state index in [9.17, 15) is 4.79 Å². The van der Waals surface area contributed by atoms with Crippen LogP contribution in [0, 0.1) is 0 Å². The molecule has 1 N–H and O–H groups in total. The van der Waals surface area contributed by atoms with Gasteiger partial charge in [-0.15, -0.1) is 0 Å². The molecule has 0 aliphatic carbocycles. The zero-order chi connectivity index (χ0) is 23.4. The van der Waals surface area contributed by atoms with E-state index in [1.807, 2.05) is 6.07 Å². The minimum atomic E-state index is -0.164. The molecule has 1 amide bonds. The van der Waals surface area contributed by atoms with Crippen molar-refractivity contribution in [2.75, 3.05) is 19.5 Å². The van der Waals surface area contributed by atoms with Crippen LogP contribution in [0.3, 0.4) is 0 Å². The van der Waals surface area contributed by atoms with Gasteiger partial charge in [0.2, 0.25) is 5.91 Å². The standard InChI is InChI=1S/C25H20Cl2N2O4/c1-31-23-13-18-21(14-24(23)32-2)28-10-9-22(18)33-17-6-4-16(5-7-17)29-25(30)12-15-3-8-19(26)20(27)11-15/h3-11,13-14H,12H2,1-2H3,(H,29,30). The van der Waals surface area contributed by atoms with Gasteiger partial charge in [-0.3, -0.25) is 9.78 Å². The van der Waals surface area contributed by atoms with Crippen LogP contribution < -0.4 is 19.5 Å². The van der Waals surface area contributed by atoms with Gasteiger partial charge in [0.05, 0.1) is 36.2 Å². The summed E-state index contributed by atoms with van der Waals surface area (Å²) in [6, 6.07) is 17.6. The molecule has 0 radical (unpaired) electrons. The van der Waals surface area contributed by atoms with E-state index in [4.69, 9.17) is 37.4 Å². The molecule has 1 heterocycles. The molecule has 0 bridgehead atoms. The number of hydrogen-bond donors (Lipinski definition) is 1. The lowest BCUT2D eigenvalue weighted by atomic mass is 10.1. The molecular formula is C25H20Cl2N2O4. The average molecular weight is 483 g/mol. The Labute approximate surface area is 201 Å². The summed E-state index contributed by atoms with van der Waals surface area (Å²) in [7, 11) is 3.16. The average Bonchev–Trinajstić information content (AvgIpc) is 2.82. The van der Waals surface area contributed by atoms with Gasteiger partial charge in [0, 0.05) is 23.3 Å². The van der Waals surface area contributed by atoms with Crippen molar-refractivity contribution < 1.29 is 19.0 Å². The van der Waals surface area contributed by atoms with Gasteiger partial charge in [0.1, 0.15) is 11.5 Å². The molecule has 168 valence electrons. The first-order chi connectivity index (χ1) is 16.0. The number of hydrogen-bond acceptors (Lipinski definition) is 5. The second-order valence-corrected chi connectivity index (χ2v) is 7.95. The first kappa shape index (κ1) is 22.7. The van der Waals surface area contributed by atoms with Crippen molar-refractivity contribution in [3.05, 3.63) is 82.5 Å². The summed E-state index contributed by atoms with van der Waals surface area (Å²) in [4.78, 5) is 16.7. The highest BCUT2D eigenvalue weighted by molar-refractivity contribution is 6.42. The molecule has 0 unspecified atom stereocenters. The third kappa shape index (κ3) is 5.30. The van der Waals surface area contributed by atoms with E-state index in [-0.39, 0.29) is 12.3 Å². The number of amides is 1. The number of fused-ring (bicyclic) bond motifs is 1. The predicted octanol–water partition coefficient (Wildman–Crippen LogP) is 6.53. The highest BCUT2D eigenvalue weighted by Gasteiger charge is 2.12. The van der Waals surface area contributed by atoms with Crippen LogP contribution in [-0.4, -0.2) is 25.1 Å². The summed E-state index contributed by atoms with van der Waals surface area (Å²) < 4.78 is 16.8. The molecular weight excluding hydrogens is 463 g/mol. The summed E-state index contributed by atoms with van der Waals surface area (Å²) >= 11 is 11.9. The molecule has 0 spiro atoms. The van der Waals surface area contributed by atoms with Crippen LogP contribution in [0.15, 0.2) is 66.9 Å². The Morgan fingerprint density at radius 1 is 0.879 bits per heavy atom. The van der Waals surface area contributed by atoms with Crippen molar-refractivity contribution in [3.8, 4) is 23.0 Å². The lowest BCUT2D eigenvalue weighted by molar-refractivity contribution is -0.115. The maximum atomic E-state index is 12.4. The van der Waals surface area contributed by atoms with E-state index >= 15 is 0 Å². The molecule has 1 aromatic heterocycles. The van der Waals surface area contributed by atoms with Crippen molar-refractivity contribution >= 4 is 45.7 Å². The Morgan fingerprint density at radius 3 is 2.30 bits per heavy atom. The second kappa shape index (κ2) is 9.98. The van der Waals surface area contributed by atoms with Crippen molar-refractivity contribution in [2.24, 2.45) is 0 Å². The van der Waals surface area contributed by atoms with Crippen molar-refractivity contribution in [2.45, 2.75) is 6.42 Å². The largest absolute Gasteiger partial charge is 0.493 e. The monoisotopic (exact) mass is 482 g/mol. The number of carbonyl (C=O) groups excluding carboxylic acids is 1. The molecule has 0 saturated heterocycles. The quantitative estimate of drug-likeness (QED) is 0.324. The van der Waals surface area contributed by atoms with Gasteiger partial charge in [0.15, 0.2) is 11.5 Å².